The van der Waals surface area contributed by atoms with Crippen LogP contribution in [0, 0.1) is 11.7 Å². The molecule has 0 aliphatic rings. The summed E-state index contributed by atoms with van der Waals surface area (Å²) in [6.45, 7) is 2.28. The van der Waals surface area contributed by atoms with E-state index in [1.165, 1.54) is 11.3 Å². The van der Waals surface area contributed by atoms with Crippen molar-refractivity contribution in [2.75, 3.05) is 0 Å². The number of aryl methyl sites for hydroxylation is 1. The van der Waals surface area contributed by atoms with Crippen LogP contribution in [0.1, 0.15) is 21.1 Å². The number of aromatic nitrogens is 3. The third-order valence-corrected chi connectivity index (χ3v) is 4.12. The standard InChI is InChI=1S/C14H12N4O2S2/c1-7-16-9(6-22-7)5-15-12(19)8-2-3-10-11(4-8)17-14(21)18-13(10)20/h2-4,6H,5H2,1H3,(H,15,19)(H2,17,18,20,21). The Hall–Kier alpha value is -2.32. The van der Waals surface area contributed by atoms with Gasteiger partial charge in [0.2, 0.25) is 0 Å². The highest BCUT2D eigenvalue weighted by Gasteiger charge is 2.09. The topological polar surface area (TPSA) is 90.6 Å². The molecule has 8 heteroatoms. The molecular weight excluding hydrogens is 320 g/mol. The average Bonchev–Trinajstić information content (AvgIpc) is 2.89. The lowest BCUT2D eigenvalue weighted by Crippen LogP contribution is -2.23. The second kappa shape index (κ2) is 5.82. The van der Waals surface area contributed by atoms with Gasteiger partial charge in [0.25, 0.3) is 11.5 Å². The molecule has 0 saturated carbocycles. The molecule has 2 heterocycles. The van der Waals surface area contributed by atoms with Gasteiger partial charge in [-0.2, -0.15) is 0 Å². The number of thiazole rings is 1. The molecule has 1 amide bonds. The Labute approximate surface area is 134 Å². The number of H-pyrrole nitrogens is 2. The lowest BCUT2D eigenvalue weighted by molar-refractivity contribution is 0.0950. The van der Waals surface area contributed by atoms with Crippen molar-refractivity contribution >= 4 is 40.4 Å². The molecule has 0 radical (unpaired) electrons. The van der Waals surface area contributed by atoms with Gasteiger partial charge >= 0.3 is 0 Å². The van der Waals surface area contributed by atoms with Crippen molar-refractivity contribution in [1.29, 1.82) is 0 Å². The maximum absolute atomic E-state index is 12.2. The van der Waals surface area contributed by atoms with E-state index in [-0.39, 0.29) is 16.2 Å². The molecular formula is C14H12N4O2S2. The first kappa shape index (κ1) is 14.6. The Balaban J connectivity index is 1.84. The minimum Gasteiger partial charge on any atom is -0.346 e. The highest BCUT2D eigenvalue weighted by atomic mass is 32.1. The minimum atomic E-state index is -0.274. The van der Waals surface area contributed by atoms with Crippen LogP contribution in [0.5, 0.6) is 0 Å². The van der Waals surface area contributed by atoms with Crippen LogP contribution in [-0.2, 0) is 6.54 Å². The Morgan fingerprint density at radius 1 is 1.41 bits per heavy atom. The van der Waals surface area contributed by atoms with Gasteiger partial charge in [-0.05, 0) is 37.3 Å². The Kier molecular flexibility index (Phi) is 3.86. The van der Waals surface area contributed by atoms with Crippen LogP contribution in [0.4, 0.5) is 0 Å². The number of amides is 1. The van der Waals surface area contributed by atoms with Gasteiger partial charge in [0, 0.05) is 10.9 Å². The minimum absolute atomic E-state index is 0.229. The van der Waals surface area contributed by atoms with Gasteiger partial charge < -0.3 is 10.3 Å². The number of nitrogens with one attached hydrogen (secondary N) is 3. The maximum atomic E-state index is 12.2. The molecule has 0 fully saturated rings. The summed E-state index contributed by atoms with van der Waals surface area (Å²) in [5, 5.41) is 6.13. The van der Waals surface area contributed by atoms with Crippen molar-refractivity contribution < 1.29 is 4.79 Å². The average molecular weight is 332 g/mol. The fraction of sp³-hybridized carbons (Fsp3) is 0.143. The number of benzene rings is 1. The maximum Gasteiger partial charge on any atom is 0.259 e. The third-order valence-electron chi connectivity index (χ3n) is 3.10. The normalized spacial score (nSPS) is 10.8. The number of nitrogens with zero attached hydrogens (tertiary/aromatic N) is 1. The first-order chi connectivity index (χ1) is 10.5. The second-order valence-corrected chi connectivity index (χ2v) is 6.18. The van der Waals surface area contributed by atoms with E-state index in [0.717, 1.165) is 10.7 Å². The molecule has 0 saturated heterocycles. The van der Waals surface area contributed by atoms with E-state index in [2.05, 4.69) is 20.3 Å². The smallest absolute Gasteiger partial charge is 0.259 e. The Morgan fingerprint density at radius 3 is 2.95 bits per heavy atom. The molecule has 6 nitrogen and oxygen atoms in total. The van der Waals surface area contributed by atoms with Crippen LogP contribution in [0.25, 0.3) is 10.9 Å². The number of carbonyl (C=O) groups is 1. The van der Waals surface area contributed by atoms with Gasteiger partial charge in [0.15, 0.2) is 4.77 Å². The molecule has 0 atom stereocenters. The van der Waals surface area contributed by atoms with E-state index in [0.29, 0.717) is 23.0 Å². The molecule has 22 heavy (non-hydrogen) atoms. The van der Waals surface area contributed by atoms with Crippen LogP contribution in [0.3, 0.4) is 0 Å². The van der Waals surface area contributed by atoms with Gasteiger partial charge in [0.1, 0.15) is 0 Å². The van der Waals surface area contributed by atoms with Crippen molar-refractivity contribution in [3.63, 3.8) is 0 Å². The van der Waals surface area contributed by atoms with Gasteiger partial charge in [-0.25, -0.2) is 4.98 Å². The zero-order valence-corrected chi connectivity index (χ0v) is 13.2. The zero-order valence-electron chi connectivity index (χ0n) is 11.6. The summed E-state index contributed by atoms with van der Waals surface area (Å²) in [5.41, 5.74) is 1.54. The molecule has 0 bridgehead atoms. The van der Waals surface area contributed by atoms with Crippen LogP contribution in [-0.4, -0.2) is 20.9 Å². The third kappa shape index (κ3) is 2.97. The predicted octanol–water partition coefficient (Wildman–Crippen LogP) is 2.28. The summed E-state index contributed by atoms with van der Waals surface area (Å²) >= 11 is 6.47. The fourth-order valence-corrected chi connectivity index (χ4v) is 2.89. The quantitative estimate of drug-likeness (QED) is 0.642. The molecule has 3 rings (SSSR count). The number of carbonyl (C=O) groups excluding carboxylic acids is 1. The van der Waals surface area contributed by atoms with Gasteiger partial charge in [0.05, 0.1) is 28.1 Å². The van der Waals surface area contributed by atoms with Gasteiger partial charge in [-0.3, -0.25) is 14.6 Å². The largest absolute Gasteiger partial charge is 0.346 e. The van der Waals surface area contributed by atoms with Crippen LogP contribution in [0.2, 0.25) is 0 Å². The van der Waals surface area contributed by atoms with Crippen molar-refractivity contribution in [2.24, 2.45) is 0 Å². The highest BCUT2D eigenvalue weighted by Crippen LogP contribution is 2.11. The van der Waals surface area contributed by atoms with E-state index < -0.39 is 0 Å². The van der Waals surface area contributed by atoms with Gasteiger partial charge in [-0.15, -0.1) is 11.3 Å². The summed E-state index contributed by atoms with van der Waals surface area (Å²) < 4.78 is 0.230. The van der Waals surface area contributed by atoms with E-state index in [4.69, 9.17) is 12.2 Å². The summed E-state index contributed by atoms with van der Waals surface area (Å²) in [7, 11) is 0. The number of aromatic amines is 2. The highest BCUT2D eigenvalue weighted by molar-refractivity contribution is 7.71. The Morgan fingerprint density at radius 2 is 2.23 bits per heavy atom. The first-order valence-corrected chi connectivity index (χ1v) is 7.77. The van der Waals surface area contributed by atoms with E-state index in [1.807, 2.05) is 12.3 Å². The van der Waals surface area contributed by atoms with Crippen LogP contribution < -0.4 is 10.9 Å². The number of fused-ring (bicyclic) bond motifs is 1. The lowest BCUT2D eigenvalue weighted by atomic mass is 10.1. The molecule has 2 aromatic heterocycles. The predicted molar refractivity (Wildman–Crippen MR) is 87.8 cm³/mol. The van der Waals surface area contributed by atoms with Gasteiger partial charge in [-0.1, -0.05) is 0 Å². The fourth-order valence-electron chi connectivity index (χ4n) is 2.07. The number of rotatable bonds is 3. The molecule has 112 valence electrons. The van der Waals surface area contributed by atoms with E-state index in [9.17, 15) is 9.59 Å². The molecule has 0 unspecified atom stereocenters. The van der Waals surface area contributed by atoms with E-state index >= 15 is 0 Å². The zero-order chi connectivity index (χ0) is 15.7. The van der Waals surface area contributed by atoms with E-state index in [1.54, 1.807) is 18.2 Å². The molecule has 0 aliphatic carbocycles. The number of hydrogen-bond donors (Lipinski definition) is 3. The lowest BCUT2D eigenvalue weighted by Gasteiger charge is -2.05. The SMILES string of the molecule is Cc1nc(CNC(=O)c2ccc3c(=O)[nH]c(=S)[nH]c3c2)cs1. The van der Waals surface area contributed by atoms with Crippen molar-refractivity contribution in [3.05, 3.63) is 55.0 Å². The molecule has 3 aromatic rings. The summed E-state index contributed by atoms with van der Waals surface area (Å²) in [6, 6.07) is 4.82. The molecule has 0 aliphatic heterocycles. The number of hydrogen-bond acceptors (Lipinski definition) is 5. The molecule has 1 aromatic carbocycles. The monoisotopic (exact) mass is 332 g/mol. The van der Waals surface area contributed by atoms with Crippen molar-refractivity contribution in [2.45, 2.75) is 13.5 Å². The molecule has 0 spiro atoms. The first-order valence-electron chi connectivity index (χ1n) is 6.48. The van der Waals surface area contributed by atoms with Crippen molar-refractivity contribution in [1.82, 2.24) is 20.3 Å². The second-order valence-electron chi connectivity index (χ2n) is 4.71. The van der Waals surface area contributed by atoms with Crippen LogP contribution >= 0.6 is 23.6 Å². The summed E-state index contributed by atoms with van der Waals surface area (Å²) in [4.78, 5) is 33.6. The van der Waals surface area contributed by atoms with Crippen LogP contribution in [0.15, 0.2) is 28.4 Å². The van der Waals surface area contributed by atoms with Crippen molar-refractivity contribution in [3.8, 4) is 0 Å². The summed E-state index contributed by atoms with van der Waals surface area (Å²) in [6.07, 6.45) is 0. The molecule has 3 N–H and O–H groups in total. The Bertz CT molecular complexity index is 971. The summed E-state index contributed by atoms with van der Waals surface area (Å²) in [5.74, 6) is -0.229.